The maximum absolute atomic E-state index is 11.1. The summed E-state index contributed by atoms with van der Waals surface area (Å²) in [5.41, 5.74) is 0. The smallest absolute Gasteiger partial charge is 0.211 e. The first kappa shape index (κ1) is 17.8. The fraction of sp³-hybridized carbons (Fsp3) is 1.00. The second-order valence-electron chi connectivity index (χ2n) is 4.01. The standard InChI is InChI=1S/C10H24N2O4S2/c1-3-17(13,14)11-9-7-5-6-8-10-12-18(15,16)4-2/h11-12H,3-10H2,1-2H3. The molecule has 8 heteroatoms. The van der Waals surface area contributed by atoms with Crippen molar-refractivity contribution in [1.82, 2.24) is 9.44 Å². The normalized spacial score (nSPS) is 12.8. The van der Waals surface area contributed by atoms with Crippen molar-refractivity contribution in [2.24, 2.45) is 0 Å². The van der Waals surface area contributed by atoms with Gasteiger partial charge in [0.15, 0.2) is 0 Å². The van der Waals surface area contributed by atoms with Crippen LogP contribution in [0.1, 0.15) is 39.5 Å². The molecule has 2 N–H and O–H groups in total. The summed E-state index contributed by atoms with van der Waals surface area (Å²) in [6, 6.07) is 0. The summed E-state index contributed by atoms with van der Waals surface area (Å²) in [6.45, 7) is 4.11. The van der Waals surface area contributed by atoms with E-state index in [1.165, 1.54) is 0 Å². The van der Waals surface area contributed by atoms with Crippen LogP contribution < -0.4 is 9.44 Å². The van der Waals surface area contributed by atoms with E-state index >= 15 is 0 Å². The summed E-state index contributed by atoms with van der Waals surface area (Å²) >= 11 is 0. The molecular formula is C10H24N2O4S2. The van der Waals surface area contributed by atoms with Crippen LogP contribution in [0.4, 0.5) is 0 Å². The molecule has 18 heavy (non-hydrogen) atoms. The number of unbranched alkanes of at least 4 members (excludes halogenated alkanes) is 3. The third-order valence-electron chi connectivity index (χ3n) is 2.51. The van der Waals surface area contributed by atoms with Crippen LogP contribution in [0.15, 0.2) is 0 Å². The zero-order valence-electron chi connectivity index (χ0n) is 11.1. The Balaban J connectivity index is 3.43. The second-order valence-corrected chi connectivity index (χ2v) is 8.20. The molecule has 0 aromatic heterocycles. The van der Waals surface area contributed by atoms with Crippen LogP contribution >= 0.6 is 0 Å². The second kappa shape index (κ2) is 8.84. The van der Waals surface area contributed by atoms with Crippen molar-refractivity contribution < 1.29 is 16.8 Å². The topological polar surface area (TPSA) is 92.3 Å². The molecule has 0 heterocycles. The highest BCUT2D eigenvalue weighted by molar-refractivity contribution is 7.89. The molecular weight excluding hydrogens is 276 g/mol. The van der Waals surface area contributed by atoms with Crippen molar-refractivity contribution in [1.29, 1.82) is 0 Å². The van der Waals surface area contributed by atoms with Crippen molar-refractivity contribution in [3.05, 3.63) is 0 Å². The van der Waals surface area contributed by atoms with Gasteiger partial charge < -0.3 is 0 Å². The SMILES string of the molecule is CCS(=O)(=O)NCCCCCCNS(=O)(=O)CC. The van der Waals surface area contributed by atoms with E-state index in [1.807, 2.05) is 0 Å². The molecule has 0 aromatic carbocycles. The van der Waals surface area contributed by atoms with Crippen molar-refractivity contribution in [3.8, 4) is 0 Å². The van der Waals surface area contributed by atoms with Gasteiger partial charge in [0, 0.05) is 13.1 Å². The molecule has 0 bridgehead atoms. The predicted molar refractivity (Wildman–Crippen MR) is 73.4 cm³/mol. The van der Waals surface area contributed by atoms with Crippen molar-refractivity contribution in [2.75, 3.05) is 24.6 Å². The molecule has 0 aliphatic heterocycles. The van der Waals surface area contributed by atoms with Gasteiger partial charge in [-0.2, -0.15) is 0 Å². The predicted octanol–water partition coefficient (Wildman–Crippen LogP) is 0.425. The minimum atomic E-state index is -3.08. The van der Waals surface area contributed by atoms with Gasteiger partial charge in [-0.15, -0.1) is 0 Å². The minimum absolute atomic E-state index is 0.103. The number of rotatable bonds is 11. The van der Waals surface area contributed by atoms with Gasteiger partial charge in [0.1, 0.15) is 0 Å². The molecule has 0 spiro atoms. The molecule has 0 aliphatic rings. The van der Waals surface area contributed by atoms with Crippen LogP contribution in [0.2, 0.25) is 0 Å². The lowest BCUT2D eigenvalue weighted by atomic mass is 10.2. The first-order chi connectivity index (χ1) is 8.33. The Morgan fingerprint density at radius 1 is 0.667 bits per heavy atom. The van der Waals surface area contributed by atoms with E-state index in [2.05, 4.69) is 9.44 Å². The summed E-state index contributed by atoms with van der Waals surface area (Å²) in [7, 11) is -6.16. The zero-order valence-corrected chi connectivity index (χ0v) is 12.7. The van der Waals surface area contributed by atoms with Crippen LogP contribution in [0.3, 0.4) is 0 Å². The molecule has 6 nitrogen and oxygen atoms in total. The van der Waals surface area contributed by atoms with Crippen molar-refractivity contribution in [2.45, 2.75) is 39.5 Å². The molecule has 0 saturated heterocycles. The third-order valence-corrected chi connectivity index (χ3v) is 5.32. The first-order valence-electron chi connectivity index (χ1n) is 6.27. The van der Waals surface area contributed by atoms with Gasteiger partial charge in [-0.25, -0.2) is 26.3 Å². The highest BCUT2D eigenvalue weighted by Gasteiger charge is 2.05. The molecule has 0 radical (unpaired) electrons. The highest BCUT2D eigenvalue weighted by Crippen LogP contribution is 1.99. The maximum Gasteiger partial charge on any atom is 0.211 e. The summed E-state index contributed by atoms with van der Waals surface area (Å²) < 4.78 is 49.3. The van der Waals surface area contributed by atoms with Gasteiger partial charge in [-0.05, 0) is 26.7 Å². The van der Waals surface area contributed by atoms with E-state index in [9.17, 15) is 16.8 Å². The third kappa shape index (κ3) is 9.81. The molecule has 0 fully saturated rings. The summed E-state index contributed by atoms with van der Waals surface area (Å²) in [4.78, 5) is 0. The average molecular weight is 300 g/mol. The summed E-state index contributed by atoms with van der Waals surface area (Å²) in [5.74, 6) is 0.206. The van der Waals surface area contributed by atoms with Gasteiger partial charge >= 0.3 is 0 Å². The Bertz CT molecular complexity index is 364. The Morgan fingerprint density at radius 2 is 1.00 bits per heavy atom. The van der Waals surface area contributed by atoms with Crippen molar-refractivity contribution in [3.63, 3.8) is 0 Å². The van der Waals surface area contributed by atoms with Crippen LogP contribution in [0, 0.1) is 0 Å². The number of sulfonamides is 2. The first-order valence-corrected chi connectivity index (χ1v) is 9.58. The monoisotopic (exact) mass is 300 g/mol. The number of hydrogen-bond donors (Lipinski definition) is 2. The van der Waals surface area contributed by atoms with Crippen LogP contribution in [0.25, 0.3) is 0 Å². The van der Waals surface area contributed by atoms with E-state index in [0.29, 0.717) is 13.1 Å². The lowest BCUT2D eigenvalue weighted by Gasteiger charge is -2.05. The van der Waals surface area contributed by atoms with E-state index in [-0.39, 0.29) is 11.5 Å². The molecule has 110 valence electrons. The molecule has 0 amide bonds. The highest BCUT2D eigenvalue weighted by atomic mass is 32.2. The average Bonchev–Trinajstić information content (AvgIpc) is 2.32. The fourth-order valence-corrected chi connectivity index (χ4v) is 2.58. The molecule has 0 aliphatic carbocycles. The molecule has 0 aromatic rings. The maximum atomic E-state index is 11.1. The van der Waals surface area contributed by atoms with Crippen molar-refractivity contribution >= 4 is 20.0 Å². The quantitative estimate of drug-likeness (QED) is 0.541. The lowest BCUT2D eigenvalue weighted by Crippen LogP contribution is -2.26. The molecule has 0 unspecified atom stereocenters. The lowest BCUT2D eigenvalue weighted by molar-refractivity contribution is 0.564. The van der Waals surface area contributed by atoms with E-state index < -0.39 is 20.0 Å². The molecule has 0 saturated carbocycles. The van der Waals surface area contributed by atoms with Crippen LogP contribution in [0.5, 0.6) is 0 Å². The number of hydrogen-bond acceptors (Lipinski definition) is 4. The summed E-state index contributed by atoms with van der Waals surface area (Å²) in [5, 5.41) is 0. The van der Waals surface area contributed by atoms with Crippen LogP contribution in [-0.2, 0) is 20.0 Å². The Kier molecular flexibility index (Phi) is 8.75. The fourth-order valence-electron chi connectivity index (χ4n) is 1.26. The molecule has 0 rings (SSSR count). The van der Waals surface area contributed by atoms with Gasteiger partial charge in [0.05, 0.1) is 11.5 Å². The Hall–Kier alpha value is -0.180. The zero-order chi connectivity index (χ0) is 14.1. The van der Waals surface area contributed by atoms with Gasteiger partial charge in [0.25, 0.3) is 0 Å². The van der Waals surface area contributed by atoms with Crippen LogP contribution in [-0.4, -0.2) is 41.4 Å². The Labute approximate surface area is 111 Å². The minimum Gasteiger partial charge on any atom is -0.215 e. The van der Waals surface area contributed by atoms with E-state index in [0.717, 1.165) is 25.7 Å². The Morgan fingerprint density at radius 3 is 1.28 bits per heavy atom. The summed E-state index contributed by atoms with van der Waals surface area (Å²) in [6.07, 6.45) is 3.33. The van der Waals surface area contributed by atoms with E-state index in [4.69, 9.17) is 0 Å². The van der Waals surface area contributed by atoms with Gasteiger partial charge in [0.2, 0.25) is 20.0 Å². The van der Waals surface area contributed by atoms with Gasteiger partial charge in [-0.1, -0.05) is 12.8 Å². The number of nitrogens with one attached hydrogen (secondary N) is 2. The molecule has 0 atom stereocenters. The van der Waals surface area contributed by atoms with E-state index in [1.54, 1.807) is 13.8 Å². The van der Waals surface area contributed by atoms with Gasteiger partial charge in [-0.3, -0.25) is 0 Å². The largest absolute Gasteiger partial charge is 0.215 e.